The number of sulfonamides is 1. The highest BCUT2D eigenvalue weighted by Gasteiger charge is 2.22. The van der Waals surface area contributed by atoms with Gasteiger partial charge in [0.2, 0.25) is 0 Å². The van der Waals surface area contributed by atoms with Gasteiger partial charge in [0.05, 0.1) is 15.4 Å². The predicted molar refractivity (Wildman–Crippen MR) is 98.8 cm³/mol. The lowest BCUT2D eigenvalue weighted by Gasteiger charge is -2.08. The van der Waals surface area contributed by atoms with Gasteiger partial charge >= 0.3 is 0 Å². The Morgan fingerprint density at radius 2 is 1.93 bits per heavy atom. The Morgan fingerprint density at radius 3 is 2.63 bits per heavy atom. The smallest absolute Gasteiger partial charge is 0.289 e. The van der Waals surface area contributed by atoms with Gasteiger partial charge in [-0.15, -0.1) is 4.83 Å². The fourth-order valence-electron chi connectivity index (χ4n) is 2.56. The molecule has 0 aliphatic carbocycles. The van der Waals surface area contributed by atoms with Crippen LogP contribution in [-0.2, 0) is 17.1 Å². The minimum Gasteiger partial charge on any atom is -0.350 e. The molecule has 1 amide bonds. The van der Waals surface area contributed by atoms with Gasteiger partial charge in [-0.2, -0.15) is 0 Å². The molecular weight excluding hydrogens is 396 g/mol. The number of halogens is 1. The number of nitrogens with zero attached hydrogens (tertiary/aromatic N) is 2. The molecule has 9 nitrogen and oxygen atoms in total. The maximum Gasteiger partial charge on any atom is 0.289 e. The lowest BCUT2D eigenvalue weighted by molar-refractivity contribution is -0.384. The summed E-state index contributed by atoms with van der Waals surface area (Å²) in [5, 5.41) is 11.4. The minimum absolute atomic E-state index is 0.196. The number of rotatable bonds is 5. The average molecular weight is 409 g/mol. The van der Waals surface area contributed by atoms with E-state index in [1.807, 2.05) is 17.0 Å². The van der Waals surface area contributed by atoms with E-state index in [-0.39, 0.29) is 10.6 Å². The van der Waals surface area contributed by atoms with Crippen LogP contribution in [-0.4, -0.2) is 23.8 Å². The number of hydrogen-bond donors (Lipinski definition) is 2. The third kappa shape index (κ3) is 3.63. The first-order valence-electron chi connectivity index (χ1n) is 7.51. The van der Waals surface area contributed by atoms with E-state index in [9.17, 15) is 23.3 Å². The van der Waals surface area contributed by atoms with Gasteiger partial charge in [0.15, 0.2) is 0 Å². The molecule has 0 atom stereocenters. The van der Waals surface area contributed by atoms with Crippen LogP contribution in [0.4, 0.5) is 5.69 Å². The zero-order valence-electron chi connectivity index (χ0n) is 13.8. The number of nitro groups is 1. The standard InChI is InChI=1S/C16H13ClN4O5S/c1-20-9-12(11-4-2-3-5-14(11)20)16(22)18-19-27(25,26)10-6-7-13(17)15(8-10)21(23)24/h2-9,19H,1H3,(H,18,22). The van der Waals surface area contributed by atoms with Crippen LogP contribution in [0.1, 0.15) is 10.4 Å². The van der Waals surface area contributed by atoms with Crippen molar-refractivity contribution in [3.05, 3.63) is 69.4 Å². The van der Waals surface area contributed by atoms with E-state index < -0.39 is 31.4 Å². The summed E-state index contributed by atoms with van der Waals surface area (Å²) in [7, 11) is -2.47. The number of fused-ring (bicyclic) bond motifs is 1. The van der Waals surface area contributed by atoms with Gasteiger partial charge in [-0.25, -0.2) is 8.42 Å². The molecule has 0 saturated carbocycles. The lowest BCUT2D eigenvalue weighted by atomic mass is 10.2. The second kappa shape index (κ2) is 6.99. The first-order chi connectivity index (χ1) is 12.7. The van der Waals surface area contributed by atoms with Crippen LogP contribution in [0, 0.1) is 10.1 Å². The number of amides is 1. The Balaban J connectivity index is 1.84. The number of aryl methyl sites for hydroxylation is 1. The first-order valence-corrected chi connectivity index (χ1v) is 9.37. The van der Waals surface area contributed by atoms with Gasteiger partial charge in [-0.1, -0.05) is 29.8 Å². The Morgan fingerprint density at radius 1 is 1.22 bits per heavy atom. The van der Waals surface area contributed by atoms with E-state index in [2.05, 4.69) is 5.43 Å². The number of para-hydroxylation sites is 1. The molecule has 0 unspecified atom stereocenters. The molecular formula is C16H13ClN4O5S. The zero-order valence-corrected chi connectivity index (χ0v) is 15.4. The van der Waals surface area contributed by atoms with Crippen molar-refractivity contribution in [1.82, 2.24) is 14.8 Å². The Kier molecular flexibility index (Phi) is 4.87. The molecule has 0 saturated heterocycles. The second-order valence-corrected chi connectivity index (χ2v) is 7.69. The fourth-order valence-corrected chi connectivity index (χ4v) is 3.61. The van der Waals surface area contributed by atoms with Crippen LogP contribution < -0.4 is 10.3 Å². The summed E-state index contributed by atoms with van der Waals surface area (Å²) in [5.74, 6) is -0.668. The van der Waals surface area contributed by atoms with Gasteiger partial charge in [0.25, 0.3) is 21.6 Å². The molecule has 3 aromatic rings. The van der Waals surface area contributed by atoms with Gasteiger partial charge in [-0.3, -0.25) is 20.3 Å². The third-order valence-electron chi connectivity index (χ3n) is 3.87. The van der Waals surface area contributed by atoms with E-state index in [0.717, 1.165) is 23.7 Å². The summed E-state index contributed by atoms with van der Waals surface area (Å²) in [5.41, 5.74) is 2.64. The molecule has 11 heteroatoms. The highest BCUT2D eigenvalue weighted by Crippen LogP contribution is 2.27. The molecule has 2 aromatic carbocycles. The lowest BCUT2D eigenvalue weighted by Crippen LogP contribution is -2.41. The Labute approximate surface area is 158 Å². The maximum absolute atomic E-state index is 12.4. The van der Waals surface area contributed by atoms with Crippen molar-refractivity contribution >= 4 is 44.1 Å². The molecule has 27 heavy (non-hydrogen) atoms. The molecule has 140 valence electrons. The summed E-state index contributed by atoms with van der Waals surface area (Å²) in [6, 6.07) is 10.2. The minimum atomic E-state index is -4.23. The van der Waals surface area contributed by atoms with Crippen LogP contribution in [0.2, 0.25) is 5.02 Å². The monoisotopic (exact) mass is 408 g/mol. The summed E-state index contributed by atoms with van der Waals surface area (Å²) >= 11 is 5.68. The molecule has 0 aliphatic heterocycles. The van der Waals surface area contributed by atoms with Crippen LogP contribution in [0.25, 0.3) is 10.9 Å². The number of benzene rings is 2. The third-order valence-corrected chi connectivity index (χ3v) is 5.43. The molecule has 0 bridgehead atoms. The van der Waals surface area contributed by atoms with Crippen molar-refractivity contribution in [3.63, 3.8) is 0 Å². The summed E-state index contributed by atoms with van der Waals surface area (Å²) in [6.45, 7) is 0. The largest absolute Gasteiger partial charge is 0.350 e. The molecule has 0 fully saturated rings. The van der Waals surface area contributed by atoms with Crippen molar-refractivity contribution in [2.24, 2.45) is 7.05 Å². The van der Waals surface area contributed by atoms with Gasteiger partial charge in [0, 0.05) is 30.2 Å². The molecule has 0 aliphatic rings. The van der Waals surface area contributed by atoms with E-state index in [0.29, 0.717) is 5.39 Å². The number of hydrazine groups is 1. The van der Waals surface area contributed by atoms with Crippen LogP contribution >= 0.6 is 11.6 Å². The number of carbonyl (C=O) groups is 1. The average Bonchev–Trinajstić information content (AvgIpc) is 2.97. The van der Waals surface area contributed by atoms with E-state index in [4.69, 9.17) is 11.6 Å². The fraction of sp³-hybridized carbons (Fsp3) is 0.0625. The SMILES string of the molecule is Cn1cc(C(=O)NNS(=O)(=O)c2ccc(Cl)c([N+](=O)[O-])c2)c2ccccc21. The first kappa shape index (κ1) is 18.8. The summed E-state index contributed by atoms with van der Waals surface area (Å²) < 4.78 is 26.4. The van der Waals surface area contributed by atoms with E-state index in [1.54, 1.807) is 29.9 Å². The van der Waals surface area contributed by atoms with Crippen molar-refractivity contribution in [2.75, 3.05) is 0 Å². The number of carbonyl (C=O) groups excluding carboxylic acids is 1. The van der Waals surface area contributed by atoms with Crippen LogP contribution in [0.15, 0.2) is 53.6 Å². The number of hydrogen-bond acceptors (Lipinski definition) is 5. The number of nitro benzene ring substituents is 1. The maximum atomic E-state index is 12.4. The molecule has 1 heterocycles. The predicted octanol–water partition coefficient (Wildman–Crippen LogP) is 2.36. The zero-order chi connectivity index (χ0) is 19.8. The molecule has 1 aromatic heterocycles. The van der Waals surface area contributed by atoms with Crippen LogP contribution in [0.5, 0.6) is 0 Å². The van der Waals surface area contributed by atoms with Crippen molar-refractivity contribution < 1.29 is 18.1 Å². The molecule has 0 radical (unpaired) electrons. The topological polar surface area (TPSA) is 123 Å². The molecule has 3 rings (SSSR count). The highest BCUT2D eigenvalue weighted by atomic mass is 35.5. The van der Waals surface area contributed by atoms with Crippen molar-refractivity contribution in [2.45, 2.75) is 4.90 Å². The number of nitrogens with one attached hydrogen (secondary N) is 2. The number of aromatic nitrogens is 1. The normalized spacial score (nSPS) is 11.5. The van der Waals surface area contributed by atoms with Crippen molar-refractivity contribution in [3.8, 4) is 0 Å². The summed E-state index contributed by atoms with van der Waals surface area (Å²) in [6.07, 6.45) is 1.57. The van der Waals surface area contributed by atoms with Gasteiger partial charge in [0.1, 0.15) is 5.02 Å². The van der Waals surface area contributed by atoms with Gasteiger partial charge in [-0.05, 0) is 18.2 Å². The van der Waals surface area contributed by atoms with Crippen LogP contribution in [0.3, 0.4) is 0 Å². The quantitative estimate of drug-likeness (QED) is 0.495. The highest BCUT2D eigenvalue weighted by molar-refractivity contribution is 7.89. The van der Waals surface area contributed by atoms with E-state index in [1.165, 1.54) is 0 Å². The molecule has 0 spiro atoms. The van der Waals surface area contributed by atoms with Crippen molar-refractivity contribution in [1.29, 1.82) is 0 Å². The van der Waals surface area contributed by atoms with E-state index >= 15 is 0 Å². The second-order valence-electron chi connectivity index (χ2n) is 5.60. The Bertz CT molecular complexity index is 1170. The molecule has 2 N–H and O–H groups in total. The Hall–Kier alpha value is -2.95. The van der Waals surface area contributed by atoms with Gasteiger partial charge < -0.3 is 4.57 Å². The summed E-state index contributed by atoms with van der Waals surface area (Å²) in [4.78, 5) is 24.0.